The zero-order chi connectivity index (χ0) is 33.0. The van der Waals surface area contributed by atoms with E-state index in [9.17, 15) is 0 Å². The molecule has 0 fully saturated rings. The smallest absolute Gasteiger partial charge is 0.00141 e. The first kappa shape index (κ1) is 28.5. The zero-order valence-electron chi connectivity index (χ0n) is 27.5. The maximum absolute atomic E-state index is 2.41. The van der Waals surface area contributed by atoms with Crippen molar-refractivity contribution in [3.8, 4) is 44.5 Å². The van der Waals surface area contributed by atoms with Crippen LogP contribution in [-0.2, 0) is 0 Å². The largest absolute Gasteiger partial charge is 0.0622 e. The van der Waals surface area contributed by atoms with Crippen LogP contribution in [0.3, 0.4) is 0 Å². The molecule has 0 heterocycles. The minimum atomic E-state index is 1.21. The Morgan fingerprint density at radius 1 is 0.200 bits per heavy atom. The third-order valence-corrected chi connectivity index (χ3v) is 10.4. The second-order valence-corrected chi connectivity index (χ2v) is 13.3. The first-order valence-electron chi connectivity index (χ1n) is 17.3. The van der Waals surface area contributed by atoms with Crippen LogP contribution in [0.5, 0.6) is 0 Å². The molecule has 0 aliphatic carbocycles. The molecular formula is C50H32. The predicted octanol–water partition coefficient (Wildman–Crippen LogP) is 14.1. The van der Waals surface area contributed by atoms with Crippen LogP contribution in [0.1, 0.15) is 0 Å². The molecule has 10 aromatic carbocycles. The molecule has 50 heavy (non-hydrogen) atoms. The molecule has 10 aromatic rings. The van der Waals surface area contributed by atoms with E-state index in [1.807, 2.05) is 0 Å². The molecule has 0 aliphatic rings. The van der Waals surface area contributed by atoms with Crippen LogP contribution in [-0.4, -0.2) is 0 Å². The fraction of sp³-hybridized carbons (Fsp3) is 0. The first-order valence-corrected chi connectivity index (χ1v) is 17.3. The molecule has 0 heteroatoms. The summed E-state index contributed by atoms with van der Waals surface area (Å²) in [6.07, 6.45) is 0. The molecule has 0 atom stereocenters. The Hall–Kier alpha value is -6.50. The van der Waals surface area contributed by atoms with Crippen molar-refractivity contribution in [3.05, 3.63) is 194 Å². The van der Waals surface area contributed by atoms with Crippen molar-refractivity contribution in [2.75, 3.05) is 0 Å². The highest BCUT2D eigenvalue weighted by molar-refractivity contribution is 6.28. The second-order valence-electron chi connectivity index (χ2n) is 13.3. The molecule has 0 amide bonds. The van der Waals surface area contributed by atoms with Gasteiger partial charge in [0.15, 0.2) is 0 Å². The van der Waals surface area contributed by atoms with Crippen LogP contribution >= 0.6 is 0 Å². The van der Waals surface area contributed by atoms with E-state index in [-0.39, 0.29) is 0 Å². The van der Waals surface area contributed by atoms with Crippen LogP contribution < -0.4 is 0 Å². The number of hydrogen-bond acceptors (Lipinski definition) is 0. The number of fused-ring (bicyclic) bond motifs is 6. The summed E-state index contributed by atoms with van der Waals surface area (Å²) in [6.45, 7) is 0. The van der Waals surface area contributed by atoms with Crippen LogP contribution in [0.15, 0.2) is 194 Å². The summed E-state index contributed by atoms with van der Waals surface area (Å²) in [6, 6.07) is 71.5. The molecule has 10 rings (SSSR count). The monoisotopic (exact) mass is 632 g/mol. The fourth-order valence-electron chi connectivity index (χ4n) is 8.01. The van der Waals surface area contributed by atoms with Crippen LogP contribution in [0, 0.1) is 0 Å². The average molecular weight is 633 g/mol. The molecule has 0 unspecified atom stereocenters. The lowest BCUT2D eigenvalue weighted by atomic mass is 9.82. The zero-order valence-corrected chi connectivity index (χ0v) is 27.5. The van der Waals surface area contributed by atoms with Gasteiger partial charge in [-0.05, 0) is 129 Å². The summed E-state index contributed by atoms with van der Waals surface area (Å²) in [5, 5.41) is 12.6. The van der Waals surface area contributed by atoms with Gasteiger partial charge >= 0.3 is 0 Å². The summed E-state index contributed by atoms with van der Waals surface area (Å²) < 4.78 is 0. The molecule has 232 valence electrons. The minimum Gasteiger partial charge on any atom is -0.0622 e. The van der Waals surface area contributed by atoms with E-state index >= 15 is 0 Å². The van der Waals surface area contributed by atoms with Gasteiger partial charge in [0.2, 0.25) is 0 Å². The van der Waals surface area contributed by atoms with Gasteiger partial charge in [0.25, 0.3) is 0 Å². The van der Waals surface area contributed by atoms with Crippen molar-refractivity contribution >= 4 is 53.9 Å². The van der Waals surface area contributed by atoms with E-state index < -0.39 is 0 Å². The van der Waals surface area contributed by atoms with Crippen LogP contribution in [0.4, 0.5) is 0 Å². The quantitative estimate of drug-likeness (QED) is 0.134. The lowest BCUT2D eigenvalue weighted by Crippen LogP contribution is -1.93. The molecule has 0 radical (unpaired) electrons. The Morgan fingerprint density at radius 3 is 1.38 bits per heavy atom. The van der Waals surface area contributed by atoms with Crippen molar-refractivity contribution in [1.82, 2.24) is 0 Å². The molecule has 0 aliphatic heterocycles. The Kier molecular flexibility index (Phi) is 6.60. The Bertz CT molecular complexity index is 2910. The standard InChI is InChI=1S/C50H32/c1-2-12-33(13-3-1)41-30-42(39-24-22-34-14-4-6-17-37(34)28-39)32-43(31-41)49-46-21-11-10-20-45(46)48(40-25-23-35-15-5-7-18-38(35)29-40)47-27-26-36-16-8-9-19-44(36)50(47)49/h1-32H. The van der Waals surface area contributed by atoms with Gasteiger partial charge in [-0.15, -0.1) is 0 Å². The van der Waals surface area contributed by atoms with Crippen LogP contribution in [0.25, 0.3) is 98.4 Å². The topological polar surface area (TPSA) is 0 Å². The molecular weight excluding hydrogens is 601 g/mol. The lowest BCUT2D eigenvalue weighted by Gasteiger charge is -2.21. The fourth-order valence-corrected chi connectivity index (χ4v) is 8.01. The highest BCUT2D eigenvalue weighted by Gasteiger charge is 2.20. The Labute approximate surface area is 291 Å². The SMILES string of the molecule is c1ccc(-c2cc(-c3ccc4ccccc4c3)cc(-c3c4ccccc4c(-c4ccc5ccccc5c4)c4ccc5ccccc5c34)c2)cc1. The maximum atomic E-state index is 2.41. The van der Waals surface area contributed by atoms with Gasteiger partial charge in [-0.3, -0.25) is 0 Å². The minimum absolute atomic E-state index is 1.21. The normalized spacial score (nSPS) is 11.6. The van der Waals surface area contributed by atoms with Gasteiger partial charge < -0.3 is 0 Å². The van der Waals surface area contributed by atoms with Gasteiger partial charge in [0.05, 0.1) is 0 Å². The molecule has 0 saturated heterocycles. The van der Waals surface area contributed by atoms with Crippen molar-refractivity contribution in [2.24, 2.45) is 0 Å². The van der Waals surface area contributed by atoms with E-state index in [1.54, 1.807) is 0 Å². The van der Waals surface area contributed by atoms with Gasteiger partial charge in [0.1, 0.15) is 0 Å². The van der Waals surface area contributed by atoms with Crippen molar-refractivity contribution in [2.45, 2.75) is 0 Å². The summed E-state index contributed by atoms with van der Waals surface area (Å²) in [5.41, 5.74) is 9.86. The highest BCUT2D eigenvalue weighted by Crippen LogP contribution is 2.48. The molecule has 0 N–H and O–H groups in total. The number of rotatable bonds is 4. The molecule has 0 aromatic heterocycles. The van der Waals surface area contributed by atoms with Gasteiger partial charge in [-0.1, -0.05) is 164 Å². The van der Waals surface area contributed by atoms with Gasteiger partial charge in [-0.2, -0.15) is 0 Å². The third-order valence-electron chi connectivity index (χ3n) is 10.4. The molecule has 0 nitrogen and oxygen atoms in total. The number of hydrogen-bond donors (Lipinski definition) is 0. The summed E-state index contributed by atoms with van der Waals surface area (Å²) in [5.74, 6) is 0. The second kappa shape index (κ2) is 11.6. The maximum Gasteiger partial charge on any atom is -0.00141 e. The lowest BCUT2D eigenvalue weighted by molar-refractivity contribution is 1.59. The summed E-state index contributed by atoms with van der Waals surface area (Å²) in [7, 11) is 0. The number of benzene rings is 10. The third kappa shape index (κ3) is 4.69. The van der Waals surface area contributed by atoms with E-state index in [0.717, 1.165) is 0 Å². The van der Waals surface area contributed by atoms with Crippen molar-refractivity contribution in [3.63, 3.8) is 0 Å². The van der Waals surface area contributed by atoms with E-state index in [0.29, 0.717) is 0 Å². The van der Waals surface area contributed by atoms with Gasteiger partial charge in [-0.25, -0.2) is 0 Å². The molecule has 0 bridgehead atoms. The van der Waals surface area contributed by atoms with Crippen molar-refractivity contribution < 1.29 is 0 Å². The van der Waals surface area contributed by atoms with E-state index in [4.69, 9.17) is 0 Å². The predicted molar refractivity (Wildman–Crippen MR) is 216 cm³/mol. The summed E-state index contributed by atoms with van der Waals surface area (Å²) in [4.78, 5) is 0. The van der Waals surface area contributed by atoms with Crippen LogP contribution in [0.2, 0.25) is 0 Å². The van der Waals surface area contributed by atoms with E-state index in [1.165, 1.54) is 98.4 Å². The Balaban J connectivity index is 1.34. The molecule has 0 saturated carbocycles. The highest BCUT2D eigenvalue weighted by atomic mass is 14.2. The van der Waals surface area contributed by atoms with E-state index in [2.05, 4.69) is 194 Å². The first-order chi connectivity index (χ1) is 24.8. The summed E-state index contributed by atoms with van der Waals surface area (Å²) >= 11 is 0. The average Bonchev–Trinajstić information content (AvgIpc) is 3.19. The van der Waals surface area contributed by atoms with Gasteiger partial charge in [0, 0.05) is 0 Å². The Morgan fingerprint density at radius 2 is 0.680 bits per heavy atom. The van der Waals surface area contributed by atoms with Crippen molar-refractivity contribution in [1.29, 1.82) is 0 Å². The molecule has 0 spiro atoms.